The minimum Gasteiger partial charge on any atom is -1.00 e. The first-order valence-corrected chi connectivity index (χ1v) is 5.86. The van der Waals surface area contributed by atoms with E-state index in [0.29, 0.717) is 0 Å². The normalized spacial score (nSPS) is 11.1. The summed E-state index contributed by atoms with van der Waals surface area (Å²) in [5, 5.41) is 0. The Hall–Kier alpha value is 0.440. The molecule has 2 heteroatoms. The van der Waals surface area contributed by atoms with Gasteiger partial charge in [-0.2, -0.15) is 0 Å². The zero-order chi connectivity index (χ0) is 10.2. The van der Waals surface area contributed by atoms with Crippen molar-refractivity contribution in [2.75, 3.05) is 27.7 Å². The van der Waals surface area contributed by atoms with Gasteiger partial charge in [0.2, 0.25) is 0 Å². The fraction of sp³-hybridized carbons (Fsp3) is 1.00. The van der Waals surface area contributed by atoms with Crippen molar-refractivity contribution in [3.63, 3.8) is 0 Å². The molecule has 0 aliphatic rings. The summed E-state index contributed by atoms with van der Waals surface area (Å²) in [7, 11) is 6.82. The van der Waals surface area contributed by atoms with Crippen LogP contribution in [0.4, 0.5) is 0 Å². The average Bonchev–Trinajstić information content (AvgIpc) is 2.01. The Morgan fingerprint density at radius 1 is 0.714 bits per heavy atom. The van der Waals surface area contributed by atoms with Gasteiger partial charge in [-0.15, -0.1) is 0 Å². The average molecular weight is 266 g/mol. The zero-order valence-corrected chi connectivity index (χ0v) is 12.1. The van der Waals surface area contributed by atoms with E-state index in [4.69, 9.17) is 0 Å². The lowest BCUT2D eigenvalue weighted by molar-refractivity contribution is -0.870. The molecule has 0 radical (unpaired) electrons. The highest BCUT2D eigenvalue weighted by atomic mass is 79.9. The molecular formula is C12H28BrN. The molecule has 0 N–H and O–H groups in total. The second-order valence-electron chi connectivity index (χ2n) is 5.14. The van der Waals surface area contributed by atoms with Gasteiger partial charge in [0.05, 0.1) is 27.7 Å². The van der Waals surface area contributed by atoms with Crippen molar-refractivity contribution in [2.24, 2.45) is 0 Å². The first kappa shape index (κ1) is 16.9. The van der Waals surface area contributed by atoms with E-state index >= 15 is 0 Å². The summed E-state index contributed by atoms with van der Waals surface area (Å²) in [6, 6.07) is 0. The quantitative estimate of drug-likeness (QED) is 0.442. The van der Waals surface area contributed by atoms with Gasteiger partial charge in [0, 0.05) is 0 Å². The van der Waals surface area contributed by atoms with Gasteiger partial charge < -0.3 is 21.5 Å². The third-order valence-electron chi connectivity index (χ3n) is 2.43. The third-order valence-corrected chi connectivity index (χ3v) is 2.43. The Morgan fingerprint density at radius 3 is 1.57 bits per heavy atom. The predicted octanol–water partition coefficient (Wildman–Crippen LogP) is 0.447. The smallest absolute Gasteiger partial charge is 0.0780 e. The van der Waals surface area contributed by atoms with Crippen LogP contribution >= 0.6 is 0 Å². The maximum atomic E-state index is 2.27. The van der Waals surface area contributed by atoms with E-state index in [9.17, 15) is 0 Å². The Morgan fingerprint density at radius 2 is 1.14 bits per heavy atom. The van der Waals surface area contributed by atoms with Crippen molar-refractivity contribution in [2.45, 2.75) is 51.9 Å². The van der Waals surface area contributed by atoms with Crippen molar-refractivity contribution >= 4 is 0 Å². The monoisotopic (exact) mass is 265 g/mol. The van der Waals surface area contributed by atoms with Gasteiger partial charge in [0.15, 0.2) is 0 Å². The van der Waals surface area contributed by atoms with E-state index in [1.165, 1.54) is 51.5 Å². The van der Waals surface area contributed by atoms with Crippen molar-refractivity contribution in [1.82, 2.24) is 0 Å². The Bertz CT molecular complexity index is 107. The Kier molecular flexibility index (Phi) is 12.0. The van der Waals surface area contributed by atoms with Crippen LogP contribution in [0.15, 0.2) is 0 Å². The van der Waals surface area contributed by atoms with Gasteiger partial charge in [-0.1, -0.05) is 39.0 Å². The SMILES string of the molecule is CCCCCCCCC[N+](C)(C)C.[Br-]. The van der Waals surface area contributed by atoms with E-state index in [2.05, 4.69) is 28.1 Å². The van der Waals surface area contributed by atoms with Crippen LogP contribution in [-0.4, -0.2) is 32.2 Å². The molecule has 0 rings (SSSR count). The van der Waals surface area contributed by atoms with E-state index in [-0.39, 0.29) is 17.0 Å². The van der Waals surface area contributed by atoms with Gasteiger partial charge in [-0.3, -0.25) is 0 Å². The maximum Gasteiger partial charge on any atom is 0.0780 e. The van der Waals surface area contributed by atoms with E-state index in [1.54, 1.807) is 0 Å². The van der Waals surface area contributed by atoms with Gasteiger partial charge in [0.25, 0.3) is 0 Å². The van der Waals surface area contributed by atoms with E-state index in [0.717, 1.165) is 4.48 Å². The van der Waals surface area contributed by atoms with Crippen LogP contribution in [0.2, 0.25) is 0 Å². The van der Waals surface area contributed by atoms with E-state index < -0.39 is 0 Å². The lowest BCUT2D eigenvalue weighted by atomic mass is 10.1. The highest BCUT2D eigenvalue weighted by Gasteiger charge is 2.04. The molecule has 0 heterocycles. The summed E-state index contributed by atoms with van der Waals surface area (Å²) in [5.41, 5.74) is 0. The molecule has 0 aromatic heterocycles. The largest absolute Gasteiger partial charge is 1.00 e. The molecule has 0 saturated carbocycles. The van der Waals surface area contributed by atoms with Crippen LogP contribution in [-0.2, 0) is 0 Å². The van der Waals surface area contributed by atoms with Crippen molar-refractivity contribution in [3.8, 4) is 0 Å². The molecule has 14 heavy (non-hydrogen) atoms. The van der Waals surface area contributed by atoms with Crippen molar-refractivity contribution in [3.05, 3.63) is 0 Å². The molecule has 0 aliphatic heterocycles. The summed E-state index contributed by atoms with van der Waals surface area (Å²) in [5.74, 6) is 0. The number of rotatable bonds is 8. The van der Waals surface area contributed by atoms with Gasteiger partial charge >= 0.3 is 0 Å². The molecule has 0 unspecified atom stereocenters. The third kappa shape index (κ3) is 14.9. The maximum absolute atomic E-state index is 2.27. The van der Waals surface area contributed by atoms with Crippen LogP contribution in [0.25, 0.3) is 0 Å². The first-order chi connectivity index (χ1) is 6.06. The van der Waals surface area contributed by atoms with Crippen molar-refractivity contribution in [1.29, 1.82) is 0 Å². The summed E-state index contributed by atoms with van der Waals surface area (Å²) in [6.07, 6.45) is 9.95. The number of quaternary nitrogens is 1. The van der Waals surface area contributed by atoms with Gasteiger partial charge in [-0.05, 0) is 12.8 Å². The number of halogens is 1. The summed E-state index contributed by atoms with van der Waals surface area (Å²) in [6.45, 7) is 3.60. The number of hydrogen-bond donors (Lipinski definition) is 0. The second-order valence-corrected chi connectivity index (χ2v) is 5.14. The Balaban J connectivity index is 0. The molecule has 0 spiro atoms. The molecular weight excluding hydrogens is 238 g/mol. The highest BCUT2D eigenvalue weighted by Crippen LogP contribution is 2.07. The van der Waals surface area contributed by atoms with Crippen LogP contribution in [0.5, 0.6) is 0 Å². The Labute approximate surface area is 101 Å². The molecule has 0 atom stereocenters. The summed E-state index contributed by atoms with van der Waals surface area (Å²) < 4.78 is 1.12. The molecule has 0 amide bonds. The zero-order valence-electron chi connectivity index (χ0n) is 10.5. The summed E-state index contributed by atoms with van der Waals surface area (Å²) in [4.78, 5) is 0. The van der Waals surface area contributed by atoms with Crippen LogP contribution in [0, 0.1) is 0 Å². The number of hydrogen-bond acceptors (Lipinski definition) is 0. The van der Waals surface area contributed by atoms with Crippen LogP contribution < -0.4 is 17.0 Å². The second kappa shape index (κ2) is 9.97. The lowest BCUT2D eigenvalue weighted by Gasteiger charge is -2.23. The van der Waals surface area contributed by atoms with Crippen LogP contribution in [0.3, 0.4) is 0 Å². The van der Waals surface area contributed by atoms with Crippen molar-refractivity contribution < 1.29 is 21.5 Å². The number of unbranched alkanes of at least 4 members (excludes halogenated alkanes) is 6. The topological polar surface area (TPSA) is 0 Å². The molecule has 0 saturated heterocycles. The molecule has 0 aliphatic carbocycles. The van der Waals surface area contributed by atoms with Gasteiger partial charge in [0.1, 0.15) is 0 Å². The minimum absolute atomic E-state index is 0. The molecule has 0 bridgehead atoms. The summed E-state index contributed by atoms with van der Waals surface area (Å²) >= 11 is 0. The highest BCUT2D eigenvalue weighted by molar-refractivity contribution is 4.44. The molecule has 0 fully saturated rings. The molecule has 0 aromatic rings. The van der Waals surface area contributed by atoms with Gasteiger partial charge in [-0.25, -0.2) is 0 Å². The van der Waals surface area contributed by atoms with Crippen LogP contribution in [0.1, 0.15) is 51.9 Å². The first-order valence-electron chi connectivity index (χ1n) is 5.86. The number of nitrogens with zero attached hydrogens (tertiary/aromatic N) is 1. The minimum atomic E-state index is 0. The predicted molar refractivity (Wildman–Crippen MR) is 60.9 cm³/mol. The molecule has 88 valence electrons. The fourth-order valence-corrected chi connectivity index (χ4v) is 1.54. The van der Waals surface area contributed by atoms with E-state index in [1.807, 2.05) is 0 Å². The molecule has 1 nitrogen and oxygen atoms in total. The lowest BCUT2D eigenvalue weighted by Crippen LogP contribution is -3.00. The standard InChI is InChI=1S/C12H28N.BrH/c1-5-6-7-8-9-10-11-12-13(2,3)4;/h5-12H2,1-4H3;1H/q+1;/p-1. The fourth-order valence-electron chi connectivity index (χ4n) is 1.54. The molecule has 0 aromatic carbocycles.